The Morgan fingerprint density at radius 2 is 1.85 bits per heavy atom. The molecule has 0 radical (unpaired) electrons. The van der Waals surface area contributed by atoms with E-state index in [-0.39, 0.29) is 71.1 Å². The molecule has 3 aliphatic heterocycles. The van der Waals surface area contributed by atoms with E-state index in [0.29, 0.717) is 46.1 Å². The molecule has 2 bridgehead atoms. The number of ether oxygens (including phenoxy) is 1. The van der Waals surface area contributed by atoms with Crippen LogP contribution in [-0.4, -0.2) is 45.6 Å². The van der Waals surface area contributed by atoms with E-state index in [9.17, 15) is 18.8 Å². The minimum Gasteiger partial charge on any atom is -0.371 e. The van der Waals surface area contributed by atoms with Gasteiger partial charge >= 0.3 is 0 Å². The fraction of sp³-hybridized carbons (Fsp3) is 0.390. The SMILES string of the molecule is Cc1nc2c(F)c(-c3cccc(Cl)c3Cl)c(CCC#N)cc2c2c1cc([C@H]1C[C@H](OCc3c(F)cccc3F)CN1C(=O)C1CC1)n2[C@H]1[C@H]2CN[C@@H]1C2. The van der Waals surface area contributed by atoms with Gasteiger partial charge in [-0.3, -0.25) is 4.79 Å². The van der Waals surface area contributed by atoms with Gasteiger partial charge in [-0.15, -0.1) is 0 Å². The number of pyridine rings is 1. The summed E-state index contributed by atoms with van der Waals surface area (Å²) >= 11 is 13.1. The summed E-state index contributed by atoms with van der Waals surface area (Å²) in [5, 5.41) is 15.2. The van der Waals surface area contributed by atoms with Crippen molar-refractivity contribution >= 4 is 50.9 Å². The number of nitrogens with one attached hydrogen (secondary N) is 1. The van der Waals surface area contributed by atoms with E-state index in [2.05, 4.69) is 22.0 Å². The predicted molar refractivity (Wildman–Crippen MR) is 197 cm³/mol. The van der Waals surface area contributed by atoms with Crippen molar-refractivity contribution in [2.75, 3.05) is 13.1 Å². The molecule has 3 aromatic carbocycles. The van der Waals surface area contributed by atoms with E-state index in [0.717, 1.165) is 42.4 Å². The molecule has 5 aliphatic rings. The Balaban J connectivity index is 1.22. The summed E-state index contributed by atoms with van der Waals surface area (Å²) in [4.78, 5) is 20.7. The molecule has 1 N–H and O–H groups in total. The number of hydrogen-bond donors (Lipinski definition) is 1. The number of likely N-dealkylation sites (tertiary alicyclic amines) is 1. The van der Waals surface area contributed by atoms with Gasteiger partial charge in [-0.25, -0.2) is 18.2 Å². The lowest BCUT2D eigenvalue weighted by Crippen LogP contribution is -2.41. The van der Waals surface area contributed by atoms with Crippen molar-refractivity contribution in [2.45, 2.75) is 76.3 Å². The van der Waals surface area contributed by atoms with Crippen LogP contribution in [-0.2, 0) is 22.6 Å². The summed E-state index contributed by atoms with van der Waals surface area (Å²) in [6, 6.07) is 15.0. The first-order valence-corrected chi connectivity index (χ1v) is 19.0. The zero-order chi connectivity index (χ0) is 36.7. The number of carbonyl (C=O) groups excluding carboxylic acids is 1. The molecule has 5 atom stereocenters. The number of nitriles is 1. The lowest BCUT2D eigenvalue weighted by atomic mass is 9.79. The van der Waals surface area contributed by atoms with Gasteiger partial charge in [0.2, 0.25) is 5.91 Å². The van der Waals surface area contributed by atoms with E-state index >= 15 is 4.39 Å². The summed E-state index contributed by atoms with van der Waals surface area (Å²) < 4.78 is 54.8. The lowest BCUT2D eigenvalue weighted by molar-refractivity contribution is -0.134. The number of amides is 1. The molecular formula is C41H36Cl2F3N5O2. The van der Waals surface area contributed by atoms with Crippen LogP contribution < -0.4 is 5.32 Å². The Kier molecular flexibility index (Phi) is 8.69. The molecule has 12 heteroatoms. The highest BCUT2D eigenvalue weighted by molar-refractivity contribution is 6.43. The Labute approximate surface area is 314 Å². The minimum absolute atomic E-state index is 0.0530. The Morgan fingerprint density at radius 3 is 2.55 bits per heavy atom. The van der Waals surface area contributed by atoms with E-state index in [4.69, 9.17) is 32.9 Å². The highest BCUT2D eigenvalue weighted by atomic mass is 35.5. The number of hydrogen-bond acceptors (Lipinski definition) is 5. The summed E-state index contributed by atoms with van der Waals surface area (Å²) in [6.45, 7) is 2.76. The van der Waals surface area contributed by atoms with E-state index in [1.807, 2.05) is 17.9 Å². The molecule has 5 fully saturated rings. The number of nitrogens with zero attached hydrogens (tertiary/aromatic N) is 4. The van der Waals surface area contributed by atoms with Crippen molar-refractivity contribution < 1.29 is 22.7 Å². The summed E-state index contributed by atoms with van der Waals surface area (Å²) in [6.07, 6.45) is 3.09. The monoisotopic (exact) mass is 757 g/mol. The van der Waals surface area contributed by atoms with Crippen molar-refractivity contribution in [1.29, 1.82) is 5.26 Å². The van der Waals surface area contributed by atoms with E-state index in [1.54, 1.807) is 18.2 Å². The van der Waals surface area contributed by atoms with Crippen molar-refractivity contribution in [3.05, 3.63) is 98.5 Å². The van der Waals surface area contributed by atoms with E-state index in [1.165, 1.54) is 18.2 Å². The molecule has 5 heterocycles. The molecular weight excluding hydrogens is 722 g/mol. The van der Waals surface area contributed by atoms with Gasteiger partial charge in [0.15, 0.2) is 5.82 Å². The van der Waals surface area contributed by atoms with Crippen LogP contribution in [0.5, 0.6) is 0 Å². The molecule has 0 spiro atoms. The molecule has 53 heavy (non-hydrogen) atoms. The minimum atomic E-state index is -0.671. The zero-order valence-corrected chi connectivity index (χ0v) is 30.5. The maximum absolute atomic E-state index is 17.2. The maximum atomic E-state index is 17.2. The van der Waals surface area contributed by atoms with Crippen LogP contribution in [0.15, 0.2) is 48.5 Å². The number of rotatable bonds is 9. The molecule has 2 saturated carbocycles. The third-order valence-corrected chi connectivity index (χ3v) is 12.6. The Hall–Kier alpha value is -4.14. The second kappa shape index (κ2) is 13.3. The second-order valence-corrected chi connectivity index (χ2v) is 15.7. The largest absolute Gasteiger partial charge is 0.371 e. The number of aryl methyl sites for hydroxylation is 2. The Morgan fingerprint density at radius 1 is 1.08 bits per heavy atom. The number of aromatic nitrogens is 2. The van der Waals surface area contributed by atoms with Crippen molar-refractivity contribution in [1.82, 2.24) is 19.8 Å². The molecule has 0 unspecified atom stereocenters. The highest BCUT2D eigenvalue weighted by Gasteiger charge is 2.51. The van der Waals surface area contributed by atoms with Gasteiger partial charge in [0, 0.05) is 76.7 Å². The fourth-order valence-corrected chi connectivity index (χ4v) is 9.37. The number of carbonyl (C=O) groups is 1. The molecule has 272 valence electrons. The maximum Gasteiger partial charge on any atom is 0.226 e. The van der Waals surface area contributed by atoms with Gasteiger partial charge in [0.1, 0.15) is 17.2 Å². The smallest absolute Gasteiger partial charge is 0.226 e. The van der Waals surface area contributed by atoms with Crippen LogP contribution in [0.3, 0.4) is 0 Å². The van der Waals surface area contributed by atoms with Crippen molar-refractivity contribution in [3.63, 3.8) is 0 Å². The standard InChI is InChI=1S/C41H36Cl2F3N5O2/c1-20-26-16-34(33-15-24(18-50(33)41(52)21-10-11-21)53-19-28-30(44)8-3-9-31(28)45)51(39-23-14-32(39)48-17-23)40(26)27-13-22(5-4-12-47)35(37(46)38(27)49-20)25-6-2-7-29(42)36(25)43/h2-3,6-9,13,16,21,23-24,32-33,39,48H,4-5,10-11,14-15,17-19H2,1H3/t23-,24+,32-,33-,39+/m1/s1. The highest BCUT2D eigenvalue weighted by Crippen LogP contribution is 2.51. The second-order valence-electron chi connectivity index (χ2n) is 14.9. The topological polar surface area (TPSA) is 83.2 Å². The van der Waals surface area contributed by atoms with Gasteiger partial charge in [0.25, 0.3) is 0 Å². The predicted octanol–water partition coefficient (Wildman–Crippen LogP) is 9.15. The summed E-state index contributed by atoms with van der Waals surface area (Å²) in [5.41, 5.74) is 3.78. The molecule has 2 aromatic heterocycles. The third-order valence-electron chi connectivity index (χ3n) is 11.8. The van der Waals surface area contributed by atoms with Crippen molar-refractivity contribution in [3.8, 4) is 17.2 Å². The first-order valence-electron chi connectivity index (χ1n) is 18.2. The summed E-state index contributed by atoms with van der Waals surface area (Å²) in [7, 11) is 0. The molecule has 5 aromatic rings. The van der Waals surface area contributed by atoms with Crippen LogP contribution in [0.25, 0.3) is 32.9 Å². The molecule has 7 nitrogen and oxygen atoms in total. The van der Waals surface area contributed by atoms with E-state index < -0.39 is 23.6 Å². The first kappa shape index (κ1) is 34.6. The summed E-state index contributed by atoms with van der Waals surface area (Å²) in [5.74, 6) is -1.54. The van der Waals surface area contributed by atoms with Crippen LogP contribution in [0.4, 0.5) is 13.2 Å². The fourth-order valence-electron chi connectivity index (χ4n) is 8.98. The molecule has 2 aliphatic carbocycles. The van der Waals surface area contributed by atoms with Crippen LogP contribution >= 0.6 is 23.2 Å². The molecule has 3 saturated heterocycles. The first-order chi connectivity index (χ1) is 25.6. The number of fused-ring (bicyclic) bond motifs is 4. The quantitative estimate of drug-likeness (QED) is 0.162. The van der Waals surface area contributed by atoms with Crippen molar-refractivity contribution in [2.24, 2.45) is 11.8 Å². The third kappa shape index (κ3) is 5.70. The van der Waals surface area contributed by atoms with Gasteiger partial charge in [-0.1, -0.05) is 41.4 Å². The number of benzene rings is 3. The lowest BCUT2D eigenvalue weighted by Gasteiger charge is -2.39. The van der Waals surface area contributed by atoms with Gasteiger partial charge < -0.3 is 19.5 Å². The average molecular weight is 759 g/mol. The zero-order valence-electron chi connectivity index (χ0n) is 28.9. The molecule has 10 rings (SSSR count). The Bertz CT molecular complexity index is 2340. The van der Waals surface area contributed by atoms with Gasteiger partial charge in [0.05, 0.1) is 46.4 Å². The van der Waals surface area contributed by atoms with Crippen LogP contribution in [0, 0.1) is 47.5 Å². The van der Waals surface area contributed by atoms with Gasteiger partial charge in [-0.05, 0) is 74.4 Å². The number of halogens is 5. The van der Waals surface area contributed by atoms with Crippen LogP contribution in [0.2, 0.25) is 10.0 Å². The normalized spacial score (nSPS) is 23.6. The van der Waals surface area contributed by atoms with Crippen LogP contribution in [0.1, 0.15) is 66.7 Å². The average Bonchev–Trinajstić information content (AvgIpc) is 3.43. The van der Waals surface area contributed by atoms with Gasteiger partial charge in [-0.2, -0.15) is 5.26 Å². The molecule has 1 amide bonds.